The van der Waals surface area contributed by atoms with E-state index in [0.29, 0.717) is 12.2 Å². The zero-order chi connectivity index (χ0) is 15.3. The lowest BCUT2D eigenvalue weighted by Crippen LogP contribution is -2.38. The van der Waals surface area contributed by atoms with Crippen LogP contribution in [0.3, 0.4) is 0 Å². The van der Waals surface area contributed by atoms with Crippen molar-refractivity contribution in [3.05, 3.63) is 23.8 Å². The van der Waals surface area contributed by atoms with E-state index in [0.717, 1.165) is 16.3 Å². The molecule has 0 spiro atoms. The number of anilines is 1. The number of aryl methyl sites for hydroxylation is 1. The molecule has 0 aliphatic rings. The lowest BCUT2D eigenvalue weighted by atomic mass is 10.2. The number of benzene rings is 1. The quantitative estimate of drug-likeness (QED) is 0.757. The summed E-state index contributed by atoms with van der Waals surface area (Å²) in [6.07, 6.45) is 0.802. The third kappa shape index (κ3) is 3.94. The predicted octanol–water partition coefficient (Wildman–Crippen LogP) is 0.724. The van der Waals surface area contributed by atoms with Crippen LogP contribution >= 0.6 is 0 Å². The fourth-order valence-electron chi connectivity index (χ4n) is 1.57. The third-order valence-electron chi connectivity index (χ3n) is 2.90. The Balaban J connectivity index is 2.87. The molecule has 0 radical (unpaired) electrons. The van der Waals surface area contributed by atoms with Crippen molar-refractivity contribution in [3.63, 3.8) is 0 Å². The number of sulfonamides is 1. The summed E-state index contributed by atoms with van der Waals surface area (Å²) < 4.78 is 25.6. The van der Waals surface area contributed by atoms with Crippen LogP contribution < -0.4 is 11.1 Å². The molecule has 0 aliphatic heterocycles. The Morgan fingerprint density at radius 1 is 1.40 bits per heavy atom. The molecular formula is C13H21N3O3S. The number of nitrogen functional groups attached to an aromatic ring is 1. The van der Waals surface area contributed by atoms with E-state index in [2.05, 4.69) is 5.32 Å². The lowest BCUT2D eigenvalue weighted by Gasteiger charge is -2.17. The number of rotatable bonds is 6. The van der Waals surface area contributed by atoms with Gasteiger partial charge in [-0.1, -0.05) is 13.0 Å². The van der Waals surface area contributed by atoms with E-state index in [1.165, 1.54) is 19.2 Å². The molecule has 112 valence electrons. The van der Waals surface area contributed by atoms with E-state index in [9.17, 15) is 13.2 Å². The van der Waals surface area contributed by atoms with Gasteiger partial charge in [-0.2, -0.15) is 4.31 Å². The van der Waals surface area contributed by atoms with Gasteiger partial charge >= 0.3 is 0 Å². The summed E-state index contributed by atoms with van der Waals surface area (Å²) in [5.74, 6) is -0.321. The number of carbonyl (C=O) groups excluding carboxylic acids is 1. The Morgan fingerprint density at radius 3 is 2.60 bits per heavy atom. The molecule has 0 aromatic heterocycles. The number of nitrogens with zero attached hydrogens (tertiary/aromatic N) is 1. The van der Waals surface area contributed by atoms with E-state index in [4.69, 9.17) is 5.73 Å². The Labute approximate surface area is 120 Å². The smallest absolute Gasteiger partial charge is 0.243 e. The van der Waals surface area contributed by atoms with Crippen LogP contribution in [-0.4, -0.2) is 38.8 Å². The summed E-state index contributed by atoms with van der Waals surface area (Å²) in [5.41, 5.74) is 6.95. The van der Waals surface area contributed by atoms with Crippen LogP contribution in [0.2, 0.25) is 0 Å². The highest BCUT2D eigenvalue weighted by molar-refractivity contribution is 7.89. The number of amides is 1. The lowest BCUT2D eigenvalue weighted by molar-refractivity contribution is -0.121. The van der Waals surface area contributed by atoms with Crippen LogP contribution in [0.4, 0.5) is 5.69 Å². The Hall–Kier alpha value is -1.60. The van der Waals surface area contributed by atoms with E-state index in [-0.39, 0.29) is 17.3 Å². The van der Waals surface area contributed by atoms with Gasteiger partial charge in [0.15, 0.2) is 0 Å². The van der Waals surface area contributed by atoms with Crippen molar-refractivity contribution >= 4 is 21.6 Å². The second kappa shape index (κ2) is 6.71. The minimum Gasteiger partial charge on any atom is -0.398 e. The number of nitrogens with one attached hydrogen (secondary N) is 1. The van der Waals surface area contributed by atoms with Crippen molar-refractivity contribution in [2.24, 2.45) is 0 Å². The van der Waals surface area contributed by atoms with Gasteiger partial charge in [0.05, 0.1) is 11.4 Å². The van der Waals surface area contributed by atoms with Gasteiger partial charge in [-0.3, -0.25) is 4.79 Å². The monoisotopic (exact) mass is 299 g/mol. The zero-order valence-electron chi connectivity index (χ0n) is 12.0. The van der Waals surface area contributed by atoms with E-state index < -0.39 is 10.0 Å². The van der Waals surface area contributed by atoms with E-state index in [1.807, 2.05) is 6.92 Å². The van der Waals surface area contributed by atoms with Gasteiger partial charge < -0.3 is 11.1 Å². The summed E-state index contributed by atoms with van der Waals surface area (Å²) in [7, 11) is -2.33. The van der Waals surface area contributed by atoms with Gasteiger partial charge in [-0.15, -0.1) is 0 Å². The third-order valence-corrected chi connectivity index (χ3v) is 4.70. The summed E-state index contributed by atoms with van der Waals surface area (Å²) in [5, 5.41) is 2.64. The topological polar surface area (TPSA) is 92.5 Å². The fraction of sp³-hybridized carbons (Fsp3) is 0.462. The minimum atomic E-state index is -3.71. The molecule has 20 heavy (non-hydrogen) atoms. The number of hydrogen-bond acceptors (Lipinski definition) is 4. The fourth-order valence-corrected chi connectivity index (χ4v) is 2.73. The maximum Gasteiger partial charge on any atom is 0.243 e. The molecule has 1 amide bonds. The first-order chi connectivity index (χ1) is 9.28. The minimum absolute atomic E-state index is 0.0893. The van der Waals surface area contributed by atoms with Gasteiger partial charge in [-0.05, 0) is 31.0 Å². The zero-order valence-corrected chi connectivity index (χ0v) is 12.8. The molecule has 3 N–H and O–H groups in total. The van der Waals surface area contributed by atoms with Crippen LogP contribution in [0.5, 0.6) is 0 Å². The molecule has 1 aromatic carbocycles. The molecule has 0 atom stereocenters. The molecule has 0 aliphatic carbocycles. The standard InChI is InChI=1S/C13H21N3O3S/c1-4-7-15-13(17)9-16(3)20(18,19)11-6-5-10(2)12(14)8-11/h5-6,8H,4,7,9,14H2,1-3H3,(H,15,17). The highest BCUT2D eigenvalue weighted by Gasteiger charge is 2.23. The van der Waals surface area contributed by atoms with Gasteiger partial charge in [0, 0.05) is 19.3 Å². The van der Waals surface area contributed by atoms with Crippen LogP contribution in [-0.2, 0) is 14.8 Å². The Kier molecular flexibility index (Phi) is 5.52. The second-order valence-electron chi connectivity index (χ2n) is 4.63. The molecule has 0 fully saturated rings. The van der Waals surface area contributed by atoms with Gasteiger partial charge in [0.1, 0.15) is 0 Å². The Bertz CT molecular complexity index is 585. The highest BCUT2D eigenvalue weighted by atomic mass is 32.2. The summed E-state index contributed by atoms with van der Waals surface area (Å²) in [4.78, 5) is 11.7. The number of hydrogen-bond donors (Lipinski definition) is 2. The molecule has 1 rings (SSSR count). The van der Waals surface area contributed by atoms with Crippen LogP contribution in [0.15, 0.2) is 23.1 Å². The molecule has 0 unspecified atom stereocenters. The molecule has 7 heteroatoms. The first-order valence-corrected chi connectivity index (χ1v) is 7.82. The number of carbonyl (C=O) groups is 1. The first-order valence-electron chi connectivity index (χ1n) is 6.38. The van der Waals surface area contributed by atoms with E-state index >= 15 is 0 Å². The van der Waals surface area contributed by atoms with Gasteiger partial charge in [0.2, 0.25) is 15.9 Å². The van der Waals surface area contributed by atoms with Gasteiger partial charge in [0.25, 0.3) is 0 Å². The van der Waals surface area contributed by atoms with Crippen molar-refractivity contribution in [2.45, 2.75) is 25.2 Å². The molecule has 0 saturated heterocycles. The van der Waals surface area contributed by atoms with Crippen LogP contribution in [0, 0.1) is 6.92 Å². The van der Waals surface area contributed by atoms with Crippen LogP contribution in [0.1, 0.15) is 18.9 Å². The summed E-state index contributed by atoms with van der Waals surface area (Å²) >= 11 is 0. The molecule has 0 bridgehead atoms. The van der Waals surface area contributed by atoms with Crippen molar-refractivity contribution in [1.29, 1.82) is 0 Å². The maximum atomic E-state index is 12.3. The first kappa shape index (κ1) is 16.5. The normalized spacial score (nSPS) is 11.6. The van der Waals surface area contributed by atoms with Crippen molar-refractivity contribution in [3.8, 4) is 0 Å². The number of nitrogens with two attached hydrogens (primary N) is 1. The maximum absolute atomic E-state index is 12.3. The molecule has 0 saturated carbocycles. The van der Waals surface area contributed by atoms with Gasteiger partial charge in [-0.25, -0.2) is 8.42 Å². The summed E-state index contributed by atoms with van der Waals surface area (Å²) in [6, 6.07) is 4.54. The molecule has 0 heterocycles. The molecule has 1 aromatic rings. The van der Waals surface area contributed by atoms with Crippen LogP contribution in [0.25, 0.3) is 0 Å². The highest BCUT2D eigenvalue weighted by Crippen LogP contribution is 2.19. The van der Waals surface area contributed by atoms with Crippen molar-refractivity contribution in [1.82, 2.24) is 9.62 Å². The average Bonchev–Trinajstić information content (AvgIpc) is 2.39. The largest absolute Gasteiger partial charge is 0.398 e. The van der Waals surface area contributed by atoms with Crippen molar-refractivity contribution in [2.75, 3.05) is 25.9 Å². The number of likely N-dealkylation sites (N-methyl/N-ethyl adjacent to an activating group) is 1. The Morgan fingerprint density at radius 2 is 2.05 bits per heavy atom. The molecule has 6 nitrogen and oxygen atoms in total. The predicted molar refractivity (Wildman–Crippen MR) is 78.7 cm³/mol. The summed E-state index contributed by atoms with van der Waals surface area (Å²) in [6.45, 7) is 4.05. The van der Waals surface area contributed by atoms with Crippen molar-refractivity contribution < 1.29 is 13.2 Å². The molecular weight excluding hydrogens is 278 g/mol. The SMILES string of the molecule is CCCNC(=O)CN(C)S(=O)(=O)c1ccc(C)c(N)c1. The van der Waals surface area contributed by atoms with E-state index in [1.54, 1.807) is 13.0 Å². The average molecular weight is 299 g/mol. The second-order valence-corrected chi connectivity index (χ2v) is 6.67.